The van der Waals surface area contributed by atoms with Gasteiger partial charge in [0.1, 0.15) is 0 Å². The molecule has 0 saturated carbocycles. The summed E-state index contributed by atoms with van der Waals surface area (Å²) in [6.07, 6.45) is 7.07. The first-order valence-electron chi connectivity index (χ1n) is 12.0. The number of methoxy groups -OCH3 is 1. The molecule has 0 atom stereocenters. The van der Waals surface area contributed by atoms with Gasteiger partial charge in [0.25, 0.3) is 11.9 Å². The zero-order valence-corrected chi connectivity index (χ0v) is 21.1. The molecule has 0 unspecified atom stereocenters. The predicted octanol–water partition coefficient (Wildman–Crippen LogP) is 4.54. The molecular weight excluding hydrogens is 438 g/mol. The number of hydrogen-bond donors (Lipinski definition) is 2. The van der Waals surface area contributed by atoms with E-state index in [-0.39, 0.29) is 5.91 Å². The third-order valence-electron chi connectivity index (χ3n) is 6.06. The van der Waals surface area contributed by atoms with Gasteiger partial charge in [0.15, 0.2) is 0 Å². The number of aryl methyl sites for hydroxylation is 1. The summed E-state index contributed by atoms with van der Waals surface area (Å²) in [5.41, 5.74) is 4.39. The lowest BCUT2D eigenvalue weighted by molar-refractivity contribution is 0.102. The van der Waals surface area contributed by atoms with E-state index >= 15 is 0 Å². The van der Waals surface area contributed by atoms with Gasteiger partial charge in [-0.15, -0.1) is 6.58 Å². The Kier molecular flexibility index (Phi) is 10.1. The molecule has 1 heterocycles. The highest BCUT2D eigenvalue weighted by Gasteiger charge is 2.13. The number of nitrogens with one attached hydrogen (secondary N) is 2. The predicted molar refractivity (Wildman–Crippen MR) is 145 cm³/mol. The highest BCUT2D eigenvalue weighted by Crippen LogP contribution is 2.21. The Hall–Kier alpha value is -3.42. The van der Waals surface area contributed by atoms with Gasteiger partial charge in [0.05, 0.1) is 7.11 Å². The van der Waals surface area contributed by atoms with Crippen molar-refractivity contribution in [1.29, 1.82) is 0 Å². The first kappa shape index (κ1) is 26.2. The number of hydrogen-bond acceptors (Lipinski definition) is 5. The van der Waals surface area contributed by atoms with Crippen molar-refractivity contribution in [3.05, 3.63) is 84.1 Å². The van der Waals surface area contributed by atoms with Gasteiger partial charge in [-0.2, -0.15) is 0 Å². The number of ether oxygens (including phenoxy) is 1. The lowest BCUT2D eigenvalue weighted by atomic mass is 10.1. The Labute approximate surface area is 209 Å². The topological polar surface area (TPSA) is 69.2 Å². The van der Waals surface area contributed by atoms with Crippen molar-refractivity contribution in [2.45, 2.75) is 19.8 Å². The van der Waals surface area contributed by atoms with Crippen molar-refractivity contribution >= 4 is 23.3 Å². The van der Waals surface area contributed by atoms with Crippen LogP contribution in [0.5, 0.6) is 0 Å². The summed E-state index contributed by atoms with van der Waals surface area (Å²) in [5, 5.41) is 6.16. The number of amides is 1. The van der Waals surface area contributed by atoms with E-state index in [0.717, 1.165) is 56.8 Å². The smallest absolute Gasteiger partial charge is 0.293 e. The van der Waals surface area contributed by atoms with Crippen molar-refractivity contribution < 1.29 is 9.53 Å². The fraction of sp³-hybridized carbons (Fsp3) is 0.357. The average molecular weight is 476 g/mol. The van der Waals surface area contributed by atoms with E-state index in [1.54, 1.807) is 19.4 Å². The maximum Gasteiger partial charge on any atom is 0.293 e. The number of amidine groups is 1. The fourth-order valence-corrected chi connectivity index (χ4v) is 3.75. The van der Waals surface area contributed by atoms with Crippen LogP contribution in [0.1, 0.15) is 27.9 Å². The van der Waals surface area contributed by atoms with Crippen LogP contribution < -0.4 is 10.6 Å². The minimum absolute atomic E-state index is 0.140. The van der Waals surface area contributed by atoms with Crippen LogP contribution in [0.15, 0.2) is 72.4 Å². The molecule has 7 heteroatoms. The molecule has 3 rings (SSSR count). The summed E-state index contributed by atoms with van der Waals surface area (Å²) in [6, 6.07) is 14.0. The van der Waals surface area contributed by atoms with Crippen LogP contribution in [0.25, 0.3) is 0 Å². The molecule has 0 radical (unpaired) electrons. The lowest BCUT2D eigenvalue weighted by Gasteiger charge is -2.32. The van der Waals surface area contributed by atoms with Crippen LogP contribution in [-0.2, 0) is 11.2 Å². The maximum absolute atomic E-state index is 12.8. The molecule has 0 spiro atoms. The minimum Gasteiger partial charge on any atom is -0.468 e. The number of likely N-dealkylation sites (N-methyl/N-ethyl adjacent to an activating group) is 1. The van der Waals surface area contributed by atoms with E-state index in [4.69, 9.17) is 4.74 Å². The van der Waals surface area contributed by atoms with Crippen molar-refractivity contribution in [2.24, 2.45) is 4.99 Å². The van der Waals surface area contributed by atoms with E-state index < -0.39 is 0 Å². The van der Waals surface area contributed by atoms with E-state index in [9.17, 15) is 4.79 Å². The van der Waals surface area contributed by atoms with Gasteiger partial charge in [-0.3, -0.25) is 4.79 Å². The number of carbonyl (C=O) groups excluding carboxylic acids is 1. The van der Waals surface area contributed by atoms with Gasteiger partial charge >= 0.3 is 0 Å². The summed E-state index contributed by atoms with van der Waals surface area (Å²) in [7, 11) is 3.73. The Balaban J connectivity index is 1.57. The molecule has 0 aromatic heterocycles. The van der Waals surface area contributed by atoms with Crippen LogP contribution in [0, 0.1) is 6.92 Å². The molecule has 2 aromatic carbocycles. The number of allylic oxidation sites excluding steroid dienone is 2. The summed E-state index contributed by atoms with van der Waals surface area (Å²) >= 11 is 0. The van der Waals surface area contributed by atoms with Crippen molar-refractivity contribution in [1.82, 2.24) is 9.80 Å². The lowest BCUT2D eigenvalue weighted by Crippen LogP contribution is -2.45. The van der Waals surface area contributed by atoms with Crippen LogP contribution >= 0.6 is 0 Å². The van der Waals surface area contributed by atoms with Gasteiger partial charge in [-0.05, 0) is 62.2 Å². The van der Waals surface area contributed by atoms with E-state index in [1.807, 2.05) is 55.5 Å². The van der Waals surface area contributed by atoms with Gasteiger partial charge in [0.2, 0.25) is 0 Å². The van der Waals surface area contributed by atoms with Crippen LogP contribution in [-0.4, -0.2) is 68.6 Å². The molecule has 1 fully saturated rings. The number of aliphatic imine (C=N–C) groups is 1. The molecule has 2 N–H and O–H groups in total. The first-order valence-corrected chi connectivity index (χ1v) is 12.0. The summed E-state index contributed by atoms with van der Waals surface area (Å²) in [4.78, 5) is 22.0. The van der Waals surface area contributed by atoms with Crippen LogP contribution in [0.4, 0.5) is 11.4 Å². The second-order valence-corrected chi connectivity index (χ2v) is 8.75. The highest BCUT2D eigenvalue weighted by atomic mass is 16.5. The molecule has 2 aromatic rings. The normalized spacial score (nSPS) is 15.2. The van der Waals surface area contributed by atoms with Crippen molar-refractivity contribution in [2.75, 3.05) is 57.5 Å². The van der Waals surface area contributed by atoms with Crippen LogP contribution in [0.2, 0.25) is 0 Å². The molecule has 186 valence electrons. The standard InChI is InChI=1S/C28H37N5O2/c1-5-6-7-15-29-28(35-4)31-26-21-25(13-8-22(26)2)30-27(34)24-11-9-23(10-12-24)14-16-33-19-17-32(3)18-20-33/h5,7-13,15,21H,1,6,14,16-20H2,2-4H3,(H,29,31)(H,30,34)/b15-7+. The molecule has 0 aliphatic carbocycles. The number of piperazine rings is 1. The molecule has 1 aliphatic rings. The van der Waals surface area contributed by atoms with E-state index in [1.165, 1.54) is 5.56 Å². The van der Waals surface area contributed by atoms with E-state index in [2.05, 4.69) is 39.1 Å². The van der Waals surface area contributed by atoms with Crippen molar-refractivity contribution in [3.8, 4) is 0 Å². The zero-order valence-electron chi connectivity index (χ0n) is 21.1. The summed E-state index contributed by atoms with van der Waals surface area (Å²) in [5.74, 6) is -0.140. The molecule has 1 saturated heterocycles. The maximum atomic E-state index is 12.8. The second-order valence-electron chi connectivity index (χ2n) is 8.75. The molecule has 1 aliphatic heterocycles. The molecule has 1 amide bonds. The fourth-order valence-electron chi connectivity index (χ4n) is 3.75. The SMILES string of the molecule is C=CC/C=C/N=C(Nc1cc(NC(=O)c2ccc(CCN3CCN(C)CC3)cc2)ccc1C)OC. The Bertz CT molecular complexity index is 1040. The molecule has 0 bridgehead atoms. The van der Waals surface area contributed by atoms with Crippen molar-refractivity contribution in [3.63, 3.8) is 0 Å². The summed E-state index contributed by atoms with van der Waals surface area (Å²) in [6.45, 7) is 11.2. The Morgan fingerprint density at radius 1 is 1.11 bits per heavy atom. The molecular formula is C28H37N5O2. The Morgan fingerprint density at radius 2 is 1.86 bits per heavy atom. The van der Waals surface area contributed by atoms with E-state index in [0.29, 0.717) is 17.3 Å². The van der Waals surface area contributed by atoms with Gasteiger partial charge in [-0.25, -0.2) is 4.99 Å². The highest BCUT2D eigenvalue weighted by molar-refractivity contribution is 6.04. The third kappa shape index (κ3) is 8.38. The number of anilines is 2. The monoisotopic (exact) mass is 475 g/mol. The van der Waals surface area contributed by atoms with Gasteiger partial charge < -0.3 is 25.2 Å². The number of benzene rings is 2. The Morgan fingerprint density at radius 3 is 2.54 bits per heavy atom. The minimum atomic E-state index is -0.140. The quantitative estimate of drug-likeness (QED) is 0.317. The number of carbonyl (C=O) groups is 1. The number of nitrogens with zero attached hydrogens (tertiary/aromatic N) is 3. The summed E-state index contributed by atoms with van der Waals surface area (Å²) < 4.78 is 5.32. The van der Waals surface area contributed by atoms with Crippen LogP contribution in [0.3, 0.4) is 0 Å². The van der Waals surface area contributed by atoms with Gasteiger partial charge in [0, 0.05) is 55.9 Å². The average Bonchev–Trinajstić information content (AvgIpc) is 2.87. The molecule has 35 heavy (non-hydrogen) atoms. The zero-order chi connectivity index (χ0) is 25.0. The second kappa shape index (κ2) is 13.5. The third-order valence-corrected chi connectivity index (χ3v) is 6.06. The largest absolute Gasteiger partial charge is 0.468 e. The number of rotatable bonds is 9. The molecule has 7 nitrogen and oxygen atoms in total. The first-order chi connectivity index (χ1) is 17.0. The van der Waals surface area contributed by atoms with Gasteiger partial charge in [-0.1, -0.05) is 30.4 Å².